The molecule has 17 rings (SSSR count). The van der Waals surface area contributed by atoms with Crippen LogP contribution in [0.5, 0.6) is 0 Å². The first kappa shape index (κ1) is 80.9. The predicted octanol–water partition coefficient (Wildman–Crippen LogP) is 18.2. The number of carboxylic acid groups (broad SMARTS) is 1. The maximum atomic E-state index is 13.5. The molecule has 0 bridgehead atoms. The van der Waals surface area contributed by atoms with Gasteiger partial charge < -0.3 is 56.9 Å². The molecular formula is C98H100N12O9. The zero-order valence-corrected chi connectivity index (χ0v) is 67.1. The first-order valence-corrected chi connectivity index (χ1v) is 41.8. The van der Waals surface area contributed by atoms with Crippen LogP contribution in [0.15, 0.2) is 231 Å². The molecule has 6 heterocycles. The summed E-state index contributed by atoms with van der Waals surface area (Å²) in [5.41, 5.74) is 25.4. The van der Waals surface area contributed by atoms with Crippen molar-refractivity contribution in [2.24, 2.45) is 0 Å². The Morgan fingerprint density at radius 3 is 1.08 bits per heavy atom. The average Bonchev–Trinajstić information content (AvgIpc) is 0.793. The van der Waals surface area contributed by atoms with Crippen LogP contribution in [0.4, 0.5) is 34.1 Å². The van der Waals surface area contributed by atoms with Gasteiger partial charge in [-0.25, -0.2) is 9.59 Å². The first-order chi connectivity index (χ1) is 58.1. The number of anilines is 6. The zero-order valence-electron chi connectivity index (χ0n) is 67.1. The SMILES string of the molecule is COC(=O)c1cccc(C(=O)Nc2ccc(N3CCCCC3)cc2-c2cc(C(=O)N[C@H]3CCCc4ccccc43)ccn2)c1.Nc1ccc(N2CCCCC2)cc1-c1cc(C(=O)N[C@H]2CCCc3ccccc32)ccn1.O=C(O)c1cccc(C(=O)Nc2ccc(N3CCCCC3)cc2-c2cc(C(=O)N[C@H]3CCCc4ccccc43)ccn2)c1. The summed E-state index contributed by atoms with van der Waals surface area (Å²) in [5.74, 6) is -2.81. The summed E-state index contributed by atoms with van der Waals surface area (Å²) in [6.45, 7) is 5.97. The number of hydrogen-bond acceptors (Lipinski definition) is 15. The normalized spacial score (nSPS) is 16.6. The Labute approximate surface area is 694 Å². The number of nitrogens with zero attached hydrogens (tertiary/aromatic N) is 6. The van der Waals surface area contributed by atoms with E-state index in [1.807, 2.05) is 78.9 Å². The number of aryl methyl sites for hydroxylation is 3. The second-order valence-electron chi connectivity index (χ2n) is 31.4. The van der Waals surface area contributed by atoms with Gasteiger partial charge in [0.15, 0.2) is 0 Å². The van der Waals surface area contributed by atoms with Crippen LogP contribution in [0.1, 0.15) is 220 Å². The number of amides is 5. The van der Waals surface area contributed by atoms with Crippen molar-refractivity contribution in [3.63, 3.8) is 0 Å². The van der Waals surface area contributed by atoms with E-state index < -0.39 is 17.8 Å². The van der Waals surface area contributed by atoms with Gasteiger partial charge in [0.05, 0.1) is 64.8 Å². The maximum absolute atomic E-state index is 13.5. The lowest BCUT2D eigenvalue weighted by atomic mass is 9.87. The number of carbonyl (C=O) groups excluding carboxylic acids is 6. The van der Waals surface area contributed by atoms with Crippen molar-refractivity contribution in [1.29, 1.82) is 0 Å². The van der Waals surface area contributed by atoms with Gasteiger partial charge in [-0.15, -0.1) is 0 Å². The van der Waals surface area contributed by atoms with Gasteiger partial charge in [0.25, 0.3) is 29.5 Å². The quantitative estimate of drug-likeness (QED) is 0.0310. The number of nitrogens with two attached hydrogens (primary N) is 1. The Balaban J connectivity index is 0.000000141. The molecule has 3 aliphatic heterocycles. The van der Waals surface area contributed by atoms with Crippen molar-refractivity contribution in [3.8, 4) is 33.8 Å². The van der Waals surface area contributed by atoms with Crippen molar-refractivity contribution >= 4 is 75.6 Å². The molecule has 8 N–H and O–H groups in total. The maximum Gasteiger partial charge on any atom is 0.337 e. The van der Waals surface area contributed by atoms with Gasteiger partial charge in [-0.05, 0) is 276 Å². The van der Waals surface area contributed by atoms with E-state index in [1.54, 1.807) is 79.3 Å². The zero-order chi connectivity index (χ0) is 82.1. The number of aromatic carboxylic acids is 1. The molecule has 0 radical (unpaired) electrons. The van der Waals surface area contributed by atoms with Crippen LogP contribution in [0.3, 0.4) is 0 Å². The van der Waals surface area contributed by atoms with Crippen molar-refractivity contribution in [3.05, 3.63) is 303 Å². The Hall–Kier alpha value is -13.3. The van der Waals surface area contributed by atoms with Crippen molar-refractivity contribution in [2.45, 2.75) is 134 Å². The molecule has 0 saturated carbocycles. The minimum Gasteiger partial charge on any atom is -0.478 e. The number of carboxylic acids is 1. The van der Waals surface area contributed by atoms with Crippen LogP contribution in [-0.4, -0.2) is 108 Å². The van der Waals surface area contributed by atoms with Gasteiger partial charge >= 0.3 is 11.9 Å². The highest BCUT2D eigenvalue weighted by molar-refractivity contribution is 6.09. The number of rotatable bonds is 18. The second-order valence-corrected chi connectivity index (χ2v) is 31.4. The minimum atomic E-state index is -1.10. The smallest absolute Gasteiger partial charge is 0.337 e. The number of aromatic nitrogens is 3. The molecule has 3 saturated heterocycles. The molecule has 21 heteroatoms. The molecule has 0 spiro atoms. The Morgan fingerprint density at radius 1 is 0.353 bits per heavy atom. The summed E-state index contributed by atoms with van der Waals surface area (Å²) in [5, 5.41) is 25.0. The number of fused-ring (bicyclic) bond motifs is 3. The molecule has 3 aromatic heterocycles. The molecule has 119 heavy (non-hydrogen) atoms. The van der Waals surface area contributed by atoms with E-state index in [4.69, 9.17) is 10.5 Å². The topological polar surface area (TPSA) is 284 Å². The van der Waals surface area contributed by atoms with Crippen molar-refractivity contribution in [1.82, 2.24) is 30.9 Å². The average molecular weight is 1590 g/mol. The van der Waals surface area contributed by atoms with Gasteiger partial charge in [0, 0.05) is 125 Å². The van der Waals surface area contributed by atoms with Gasteiger partial charge in [-0.2, -0.15) is 0 Å². The van der Waals surface area contributed by atoms with E-state index in [0.29, 0.717) is 67.4 Å². The highest BCUT2D eigenvalue weighted by atomic mass is 16.5. The Kier molecular flexibility index (Phi) is 26.0. The van der Waals surface area contributed by atoms with Crippen LogP contribution >= 0.6 is 0 Å². The molecule has 0 unspecified atom stereocenters. The van der Waals surface area contributed by atoms with E-state index in [9.17, 15) is 38.7 Å². The third-order valence-electron chi connectivity index (χ3n) is 23.5. The highest BCUT2D eigenvalue weighted by Gasteiger charge is 2.29. The summed E-state index contributed by atoms with van der Waals surface area (Å²) in [6.07, 6.45) is 24.6. The van der Waals surface area contributed by atoms with Gasteiger partial charge in [0.2, 0.25) is 0 Å². The summed E-state index contributed by atoms with van der Waals surface area (Å²) in [7, 11) is 1.31. The van der Waals surface area contributed by atoms with E-state index in [-0.39, 0.29) is 52.9 Å². The first-order valence-electron chi connectivity index (χ1n) is 41.8. The molecular weight excluding hydrogens is 1490 g/mol. The number of pyridine rings is 3. The van der Waals surface area contributed by atoms with Crippen LogP contribution in [0, 0.1) is 0 Å². The molecule has 3 atom stereocenters. The minimum absolute atomic E-state index is 0.0364. The summed E-state index contributed by atoms with van der Waals surface area (Å²) < 4.78 is 4.82. The van der Waals surface area contributed by atoms with Gasteiger partial charge in [-0.1, -0.05) is 84.9 Å². The summed E-state index contributed by atoms with van der Waals surface area (Å²) >= 11 is 0. The summed E-state index contributed by atoms with van der Waals surface area (Å²) in [6, 6.07) is 65.8. The number of nitrogen functional groups attached to an aromatic ring is 1. The lowest BCUT2D eigenvalue weighted by Gasteiger charge is -2.29. The number of piperidine rings is 3. The number of nitrogens with one attached hydrogen (secondary N) is 5. The number of carbonyl (C=O) groups is 7. The molecule has 606 valence electrons. The van der Waals surface area contributed by atoms with E-state index in [1.165, 1.54) is 96.5 Å². The largest absolute Gasteiger partial charge is 0.478 e. The lowest BCUT2D eigenvalue weighted by Crippen LogP contribution is -2.31. The van der Waals surface area contributed by atoms with E-state index in [0.717, 1.165) is 145 Å². The molecule has 3 fully saturated rings. The number of hydrogen-bond donors (Lipinski definition) is 7. The van der Waals surface area contributed by atoms with E-state index in [2.05, 4.69) is 111 Å². The van der Waals surface area contributed by atoms with Gasteiger partial charge in [0.1, 0.15) is 0 Å². The van der Waals surface area contributed by atoms with Gasteiger partial charge in [-0.3, -0.25) is 38.9 Å². The van der Waals surface area contributed by atoms with Crippen LogP contribution < -0.4 is 47.0 Å². The fourth-order valence-electron chi connectivity index (χ4n) is 17.2. The predicted molar refractivity (Wildman–Crippen MR) is 467 cm³/mol. The van der Waals surface area contributed by atoms with Crippen LogP contribution in [-0.2, 0) is 24.0 Å². The van der Waals surface area contributed by atoms with E-state index >= 15 is 0 Å². The third kappa shape index (κ3) is 19.7. The fourth-order valence-corrected chi connectivity index (χ4v) is 17.2. The Morgan fingerprint density at radius 2 is 0.689 bits per heavy atom. The fraction of sp³-hybridized carbons (Fsp3) is 0.286. The molecule has 6 aliphatic rings. The van der Waals surface area contributed by atoms with Crippen LogP contribution in [0.25, 0.3) is 33.8 Å². The highest BCUT2D eigenvalue weighted by Crippen LogP contribution is 2.39. The number of methoxy groups -OCH3 is 1. The third-order valence-corrected chi connectivity index (χ3v) is 23.5. The number of esters is 1. The molecule has 5 amide bonds. The Bertz CT molecular complexity index is 5560. The summed E-state index contributed by atoms with van der Waals surface area (Å²) in [4.78, 5) is 111. The second kappa shape index (κ2) is 38.2. The monoisotopic (exact) mass is 1590 g/mol. The molecule has 3 aliphatic carbocycles. The standard InChI is InChI=1S/C36H36N4O4.C35H34N4O4.C27H30N4O/c1-44-36(43)27-12-7-11-25(21-27)34(41)39-32-16-15-28(40-19-5-2-6-20-40)23-30(32)33-22-26(17-18-37-33)35(42)38-31-14-8-10-24-9-3-4-13-29(24)31;40-33(24-10-6-11-26(20-24)35(42)43)38-31-15-14-27(39-18-4-1-5-19-39)22-29(31)32-21-25(16-17-36-32)34(41)37-30-13-7-9-23-8-2-3-12-28(23)30;28-24-12-11-21(31-15-4-1-5-16-31)18-23(24)26-17-20(13-14-29-26)27(32)30-25-10-6-8-19-7-2-3-9-22(19)25/h3-4,7,9,11-13,15-18,21-23,31H,2,5-6,8,10,14,19-20H2,1H3,(H,38,42)(H,39,41);2-3,6,8,10-12,14-17,20-22,30H,1,4-5,7,9,13,18-19H2,(H,37,41)(H,38,40)(H,42,43);2-3,7,9,11-14,17-18,25H,1,4-6,8,10,15-16,28H2,(H,30,32)/t31-;30-;25-/m000/s1. The number of benzene rings is 8. The molecule has 11 aromatic rings. The van der Waals surface area contributed by atoms with Crippen LogP contribution in [0.2, 0.25) is 0 Å². The molecule has 8 aromatic carbocycles. The van der Waals surface area contributed by atoms with Crippen molar-refractivity contribution in [2.75, 3.05) is 77.4 Å². The number of ether oxygens (including phenoxy) is 1. The molecule has 21 nitrogen and oxygen atoms in total. The lowest BCUT2D eigenvalue weighted by molar-refractivity contribution is 0.0599. The van der Waals surface area contributed by atoms with Crippen molar-refractivity contribution < 1.29 is 43.4 Å².